The Morgan fingerprint density at radius 2 is 1.09 bits per heavy atom. The number of hydrogen-bond acceptors (Lipinski definition) is 2. The fourth-order valence-corrected chi connectivity index (χ4v) is 2.61. The Bertz CT molecular complexity index is 229. The molecule has 0 N–H and O–H groups in total. The molecule has 0 bridgehead atoms. The second-order valence-corrected chi connectivity index (χ2v) is 6.53. The van der Waals surface area contributed by atoms with E-state index in [0.717, 1.165) is 6.42 Å². The first kappa shape index (κ1) is 24.7. The third-order valence-electron chi connectivity index (χ3n) is 3.85. The zero-order chi connectivity index (χ0) is 15.8. The summed E-state index contributed by atoms with van der Waals surface area (Å²) in [6, 6.07) is 0. The molecule has 0 aliphatic carbocycles. The molecule has 0 saturated carbocycles. The van der Waals surface area contributed by atoms with Crippen molar-refractivity contribution >= 4 is 35.5 Å². The summed E-state index contributed by atoms with van der Waals surface area (Å²) in [6.07, 6.45) is 18.0. The molecular formula is C19H39NaO2. The van der Waals surface area contributed by atoms with Gasteiger partial charge in [0, 0.05) is 6.42 Å². The van der Waals surface area contributed by atoms with E-state index in [2.05, 4.69) is 6.92 Å². The molecule has 0 aromatic rings. The summed E-state index contributed by atoms with van der Waals surface area (Å²) >= 11 is 0. The van der Waals surface area contributed by atoms with Gasteiger partial charge in [0.1, 0.15) is 0 Å². The van der Waals surface area contributed by atoms with Gasteiger partial charge in [0.25, 0.3) is 0 Å². The van der Waals surface area contributed by atoms with Crippen molar-refractivity contribution in [3.8, 4) is 0 Å². The quantitative estimate of drug-likeness (QED) is 0.217. The van der Waals surface area contributed by atoms with Gasteiger partial charge in [0.15, 0.2) is 0 Å². The fraction of sp³-hybridized carbons (Fsp3) is 0.947. The number of rotatable bonds is 15. The van der Waals surface area contributed by atoms with Crippen LogP contribution >= 0.6 is 0 Å². The Morgan fingerprint density at radius 1 is 0.727 bits per heavy atom. The number of carbonyl (C=O) groups excluding carboxylic acids is 1. The normalized spacial score (nSPS) is 10.5. The van der Waals surface area contributed by atoms with Gasteiger partial charge >= 0.3 is 35.5 Å². The van der Waals surface area contributed by atoms with Crippen molar-refractivity contribution in [2.75, 3.05) is 0 Å². The second-order valence-electron chi connectivity index (χ2n) is 6.53. The molecule has 0 aliphatic rings. The first-order valence-electron chi connectivity index (χ1n) is 9.36. The Kier molecular flexibility index (Phi) is 21.9. The summed E-state index contributed by atoms with van der Waals surface area (Å²) in [5, 5.41) is 0. The van der Waals surface area contributed by atoms with E-state index in [4.69, 9.17) is 4.74 Å². The summed E-state index contributed by atoms with van der Waals surface area (Å²) in [7, 11) is 0. The molecule has 0 amide bonds. The van der Waals surface area contributed by atoms with Crippen LogP contribution in [0.3, 0.4) is 0 Å². The average Bonchev–Trinajstić information content (AvgIpc) is 2.43. The number of esters is 1. The van der Waals surface area contributed by atoms with E-state index in [0.29, 0.717) is 6.42 Å². The molecular weight excluding hydrogens is 283 g/mol. The van der Waals surface area contributed by atoms with E-state index in [9.17, 15) is 4.79 Å². The first-order valence-corrected chi connectivity index (χ1v) is 9.36. The van der Waals surface area contributed by atoms with Crippen LogP contribution in [0.5, 0.6) is 0 Å². The van der Waals surface area contributed by atoms with E-state index in [1.807, 2.05) is 13.8 Å². The third kappa shape index (κ3) is 20.5. The van der Waals surface area contributed by atoms with Crippen molar-refractivity contribution in [1.29, 1.82) is 0 Å². The fourth-order valence-electron chi connectivity index (χ4n) is 2.61. The monoisotopic (exact) mass is 322 g/mol. The Labute approximate surface area is 161 Å². The first-order chi connectivity index (χ1) is 10.2. The van der Waals surface area contributed by atoms with Crippen molar-refractivity contribution in [3.63, 3.8) is 0 Å². The standard InChI is InChI=1S/C19H38O2.Na.H/c1-4-5-6-7-8-9-10-11-12-13-14-15-16-17-19(20)21-18(2)3;;/h18H,4-17H2,1-3H3;;. The molecule has 0 saturated heterocycles. The zero-order valence-corrected chi connectivity index (χ0v) is 14.8. The van der Waals surface area contributed by atoms with Gasteiger partial charge in [-0.15, -0.1) is 0 Å². The second kappa shape index (κ2) is 19.5. The molecule has 0 aliphatic heterocycles. The molecule has 128 valence electrons. The molecule has 0 fully saturated rings. The summed E-state index contributed by atoms with van der Waals surface area (Å²) in [5.41, 5.74) is 0. The van der Waals surface area contributed by atoms with Crippen LogP contribution in [0.4, 0.5) is 0 Å². The number of carbonyl (C=O) groups is 1. The maximum atomic E-state index is 11.3. The summed E-state index contributed by atoms with van der Waals surface area (Å²) in [5.74, 6) is -0.0342. The molecule has 0 radical (unpaired) electrons. The van der Waals surface area contributed by atoms with Crippen LogP contribution in [0.25, 0.3) is 0 Å². The molecule has 0 aromatic carbocycles. The van der Waals surface area contributed by atoms with E-state index in [1.54, 1.807) is 0 Å². The average molecular weight is 323 g/mol. The van der Waals surface area contributed by atoms with Gasteiger partial charge in [0.2, 0.25) is 0 Å². The molecule has 0 aromatic heterocycles. The van der Waals surface area contributed by atoms with Gasteiger partial charge in [-0.25, -0.2) is 0 Å². The maximum absolute atomic E-state index is 11.3. The van der Waals surface area contributed by atoms with Crippen molar-refractivity contribution < 1.29 is 9.53 Å². The van der Waals surface area contributed by atoms with Crippen molar-refractivity contribution in [3.05, 3.63) is 0 Å². The van der Waals surface area contributed by atoms with Gasteiger partial charge < -0.3 is 4.74 Å². The molecule has 0 heterocycles. The van der Waals surface area contributed by atoms with Gasteiger partial charge in [-0.3, -0.25) is 4.79 Å². The topological polar surface area (TPSA) is 26.3 Å². The molecule has 22 heavy (non-hydrogen) atoms. The molecule has 3 heteroatoms. The zero-order valence-electron chi connectivity index (χ0n) is 14.8. The van der Waals surface area contributed by atoms with E-state index in [-0.39, 0.29) is 41.6 Å². The van der Waals surface area contributed by atoms with E-state index < -0.39 is 0 Å². The Balaban J connectivity index is 0. The van der Waals surface area contributed by atoms with Crippen LogP contribution in [0, 0.1) is 0 Å². The minimum atomic E-state index is -0.0342. The van der Waals surface area contributed by atoms with Gasteiger partial charge in [-0.2, -0.15) is 0 Å². The van der Waals surface area contributed by atoms with Gasteiger partial charge in [-0.05, 0) is 20.3 Å². The van der Waals surface area contributed by atoms with Crippen molar-refractivity contribution in [1.82, 2.24) is 0 Å². The SMILES string of the molecule is CCCCCCCCCCCCCCCC(=O)OC(C)C.[NaH]. The molecule has 0 unspecified atom stereocenters. The third-order valence-corrected chi connectivity index (χ3v) is 3.85. The van der Waals surface area contributed by atoms with Gasteiger partial charge in [0.05, 0.1) is 6.10 Å². The number of ether oxygens (including phenoxy) is 1. The van der Waals surface area contributed by atoms with Crippen LogP contribution in [0.1, 0.15) is 111 Å². The molecule has 2 nitrogen and oxygen atoms in total. The predicted octanol–water partition coefficient (Wildman–Crippen LogP) is 5.77. The number of unbranched alkanes of at least 4 members (excludes halogenated alkanes) is 12. The van der Waals surface area contributed by atoms with Crippen molar-refractivity contribution in [2.24, 2.45) is 0 Å². The van der Waals surface area contributed by atoms with E-state index >= 15 is 0 Å². The summed E-state index contributed by atoms with van der Waals surface area (Å²) < 4.78 is 5.12. The van der Waals surface area contributed by atoms with Gasteiger partial charge in [-0.1, -0.05) is 84.0 Å². The van der Waals surface area contributed by atoms with Crippen LogP contribution in [0.15, 0.2) is 0 Å². The Morgan fingerprint density at radius 3 is 1.45 bits per heavy atom. The molecule has 0 rings (SSSR count). The predicted molar refractivity (Wildman–Crippen MR) is 98.7 cm³/mol. The van der Waals surface area contributed by atoms with Crippen LogP contribution in [-0.2, 0) is 9.53 Å². The van der Waals surface area contributed by atoms with Crippen LogP contribution < -0.4 is 0 Å². The Hall–Kier alpha value is 0.470. The van der Waals surface area contributed by atoms with Crippen LogP contribution in [-0.4, -0.2) is 41.6 Å². The van der Waals surface area contributed by atoms with E-state index in [1.165, 1.54) is 77.0 Å². The summed E-state index contributed by atoms with van der Waals surface area (Å²) in [4.78, 5) is 11.3. The molecule has 0 spiro atoms. The number of hydrogen-bond donors (Lipinski definition) is 0. The van der Waals surface area contributed by atoms with Crippen molar-refractivity contribution in [2.45, 2.75) is 117 Å². The van der Waals surface area contributed by atoms with Crippen LogP contribution in [0.2, 0.25) is 0 Å². The minimum absolute atomic E-state index is 0. The molecule has 0 atom stereocenters. The summed E-state index contributed by atoms with van der Waals surface area (Å²) in [6.45, 7) is 6.08.